The molecule has 28 heavy (non-hydrogen) atoms. The molecule has 0 aromatic heterocycles. The third-order valence-corrected chi connectivity index (χ3v) is 8.08. The second-order valence-corrected chi connectivity index (χ2v) is 9.64. The molecule has 1 aromatic rings. The van der Waals surface area contributed by atoms with E-state index in [0.717, 1.165) is 22.0 Å². The quantitative estimate of drug-likeness (QED) is 0.575. The first-order chi connectivity index (χ1) is 13.3. The van der Waals surface area contributed by atoms with Crippen LogP contribution in [0.4, 0.5) is 5.69 Å². The van der Waals surface area contributed by atoms with Crippen LogP contribution in [0.5, 0.6) is 0 Å². The molecule has 1 saturated heterocycles. The van der Waals surface area contributed by atoms with Crippen molar-refractivity contribution in [3.8, 4) is 0 Å². The van der Waals surface area contributed by atoms with Crippen LogP contribution in [-0.2, 0) is 14.4 Å². The Balaban J connectivity index is 1.38. The van der Waals surface area contributed by atoms with Gasteiger partial charge in [-0.1, -0.05) is 28.1 Å². The van der Waals surface area contributed by atoms with E-state index in [9.17, 15) is 14.4 Å². The van der Waals surface area contributed by atoms with Gasteiger partial charge in [0.25, 0.3) is 0 Å². The first kappa shape index (κ1) is 18.1. The molecular formula is C22H23BrN2O3. The van der Waals surface area contributed by atoms with Crippen LogP contribution in [-0.4, -0.2) is 28.7 Å². The van der Waals surface area contributed by atoms with Crippen molar-refractivity contribution in [2.24, 2.45) is 35.5 Å². The van der Waals surface area contributed by atoms with Gasteiger partial charge < -0.3 is 5.32 Å². The SMILES string of the molecule is Cc1cc(NC(=O)[C@H](C)N2C(=O)[C@@H]3[C@H]4C=C[C@@H]([C@@H]5C[C@@H]45)[C@H]3C2=O)c(C)cc1Br. The Bertz CT molecular complexity index is 919. The molecule has 2 bridgehead atoms. The molecule has 0 unspecified atom stereocenters. The summed E-state index contributed by atoms with van der Waals surface area (Å²) in [6.07, 6.45) is 5.43. The highest BCUT2D eigenvalue weighted by atomic mass is 79.9. The minimum Gasteiger partial charge on any atom is -0.324 e. The summed E-state index contributed by atoms with van der Waals surface area (Å²) < 4.78 is 0.978. The van der Waals surface area contributed by atoms with Crippen molar-refractivity contribution in [2.45, 2.75) is 33.2 Å². The number of carbonyl (C=O) groups excluding carboxylic acids is 3. The number of imide groups is 1. The van der Waals surface area contributed by atoms with E-state index in [-0.39, 0.29) is 41.4 Å². The van der Waals surface area contributed by atoms with Crippen molar-refractivity contribution in [3.05, 3.63) is 39.9 Å². The number of hydrogen-bond donors (Lipinski definition) is 1. The molecular weight excluding hydrogens is 420 g/mol. The Labute approximate surface area is 172 Å². The number of anilines is 1. The van der Waals surface area contributed by atoms with Gasteiger partial charge in [0.2, 0.25) is 17.7 Å². The maximum atomic E-state index is 13.2. The maximum absolute atomic E-state index is 13.2. The molecule has 1 N–H and O–H groups in total. The van der Waals surface area contributed by atoms with Crippen LogP contribution in [0.1, 0.15) is 24.5 Å². The summed E-state index contributed by atoms with van der Waals surface area (Å²) in [6.45, 7) is 5.52. The summed E-state index contributed by atoms with van der Waals surface area (Å²) in [5.74, 6) is 0.293. The van der Waals surface area contributed by atoms with E-state index in [2.05, 4.69) is 33.4 Å². The third-order valence-electron chi connectivity index (χ3n) is 7.23. The number of nitrogens with one attached hydrogen (secondary N) is 1. The van der Waals surface area contributed by atoms with Crippen molar-refractivity contribution in [3.63, 3.8) is 0 Å². The summed E-state index contributed by atoms with van der Waals surface area (Å²) in [5, 5.41) is 2.91. The molecule has 2 saturated carbocycles. The number of carbonyl (C=O) groups is 3. The highest BCUT2D eigenvalue weighted by molar-refractivity contribution is 9.10. The van der Waals surface area contributed by atoms with Crippen molar-refractivity contribution >= 4 is 39.3 Å². The number of benzene rings is 1. The molecule has 1 aliphatic heterocycles. The van der Waals surface area contributed by atoms with Gasteiger partial charge in [0.1, 0.15) is 6.04 Å². The lowest BCUT2D eigenvalue weighted by molar-refractivity contribution is -0.146. The largest absolute Gasteiger partial charge is 0.324 e. The molecule has 6 rings (SSSR count). The number of nitrogens with zero attached hydrogens (tertiary/aromatic N) is 1. The van der Waals surface area contributed by atoms with Gasteiger partial charge in [-0.25, -0.2) is 0 Å². The number of hydrogen-bond acceptors (Lipinski definition) is 3. The summed E-state index contributed by atoms with van der Waals surface area (Å²) >= 11 is 3.49. The fourth-order valence-electron chi connectivity index (χ4n) is 5.63. The zero-order chi connectivity index (χ0) is 19.9. The Morgan fingerprint density at radius 2 is 1.64 bits per heavy atom. The zero-order valence-electron chi connectivity index (χ0n) is 16.1. The van der Waals surface area contributed by atoms with E-state index in [1.807, 2.05) is 26.0 Å². The summed E-state index contributed by atoms with van der Waals surface area (Å²) in [7, 11) is 0. The van der Waals surface area contributed by atoms with Crippen LogP contribution in [0, 0.1) is 49.4 Å². The average Bonchev–Trinajstić information content (AvgIpc) is 3.43. The second-order valence-electron chi connectivity index (χ2n) is 8.78. The first-order valence-corrected chi connectivity index (χ1v) is 10.7. The van der Waals surface area contributed by atoms with Gasteiger partial charge in [-0.15, -0.1) is 0 Å². The maximum Gasteiger partial charge on any atom is 0.247 e. The fraction of sp³-hybridized carbons (Fsp3) is 0.500. The highest BCUT2D eigenvalue weighted by Gasteiger charge is 2.67. The monoisotopic (exact) mass is 442 g/mol. The lowest BCUT2D eigenvalue weighted by atomic mass is 9.63. The number of allylic oxidation sites excluding steroid dienone is 2. The lowest BCUT2D eigenvalue weighted by Gasteiger charge is -2.37. The topological polar surface area (TPSA) is 66.5 Å². The van der Waals surface area contributed by atoms with Crippen LogP contribution < -0.4 is 5.32 Å². The van der Waals surface area contributed by atoms with Crippen molar-refractivity contribution < 1.29 is 14.4 Å². The van der Waals surface area contributed by atoms with Gasteiger partial charge in [-0.3, -0.25) is 19.3 Å². The standard InChI is InChI=1S/C22H23BrN2O3/c1-9-7-17(10(2)6-16(9)23)24-20(26)11(3)25-21(27)18-12-4-5-13(15-8-14(12)15)19(18)22(25)28/h4-7,11-15,18-19H,8H2,1-3H3,(H,24,26)/t11-,12-,13-,14-,15-,18+,19+/m0/s1. The lowest BCUT2D eigenvalue weighted by Crippen LogP contribution is -2.46. The molecule has 6 heteroatoms. The van der Waals surface area contributed by atoms with Gasteiger partial charge >= 0.3 is 0 Å². The Morgan fingerprint density at radius 3 is 2.21 bits per heavy atom. The first-order valence-electron chi connectivity index (χ1n) is 9.92. The predicted octanol–water partition coefficient (Wildman–Crippen LogP) is 3.45. The minimum atomic E-state index is -0.815. The summed E-state index contributed by atoms with van der Waals surface area (Å²) in [6, 6.07) is 3.03. The molecule has 4 aliphatic carbocycles. The van der Waals surface area contributed by atoms with Crippen LogP contribution in [0.2, 0.25) is 0 Å². The minimum absolute atomic E-state index is 0.161. The van der Waals surface area contributed by atoms with Crippen LogP contribution in [0.25, 0.3) is 0 Å². The number of aryl methyl sites for hydroxylation is 2. The van der Waals surface area contributed by atoms with Gasteiger partial charge in [0.05, 0.1) is 11.8 Å². The smallest absolute Gasteiger partial charge is 0.247 e. The molecule has 7 atom stereocenters. The average molecular weight is 443 g/mol. The van der Waals surface area contributed by atoms with E-state index in [1.54, 1.807) is 6.92 Å². The molecule has 3 fully saturated rings. The molecule has 5 aliphatic rings. The second kappa shape index (κ2) is 6.02. The van der Waals surface area contributed by atoms with E-state index in [4.69, 9.17) is 0 Å². The molecule has 146 valence electrons. The Hall–Kier alpha value is -1.95. The third kappa shape index (κ3) is 2.39. The van der Waals surface area contributed by atoms with Gasteiger partial charge in [0, 0.05) is 10.2 Å². The van der Waals surface area contributed by atoms with Crippen LogP contribution >= 0.6 is 15.9 Å². The van der Waals surface area contributed by atoms with E-state index < -0.39 is 6.04 Å². The molecule has 0 spiro atoms. The Morgan fingerprint density at radius 1 is 1.07 bits per heavy atom. The van der Waals surface area contributed by atoms with Crippen LogP contribution in [0.15, 0.2) is 28.8 Å². The molecule has 5 nitrogen and oxygen atoms in total. The Kier molecular flexibility index (Phi) is 3.89. The molecule has 1 aromatic carbocycles. The predicted molar refractivity (Wildman–Crippen MR) is 108 cm³/mol. The van der Waals surface area contributed by atoms with E-state index in [1.165, 1.54) is 4.90 Å². The molecule has 1 heterocycles. The molecule has 3 amide bonds. The number of rotatable bonds is 3. The zero-order valence-corrected chi connectivity index (χ0v) is 17.7. The van der Waals surface area contributed by atoms with Crippen molar-refractivity contribution in [2.75, 3.05) is 5.32 Å². The van der Waals surface area contributed by atoms with E-state index in [0.29, 0.717) is 17.5 Å². The number of likely N-dealkylation sites (tertiary alicyclic amines) is 1. The van der Waals surface area contributed by atoms with Crippen molar-refractivity contribution in [1.82, 2.24) is 4.90 Å². The highest BCUT2D eigenvalue weighted by Crippen LogP contribution is 2.65. The van der Waals surface area contributed by atoms with Gasteiger partial charge in [-0.2, -0.15) is 0 Å². The summed E-state index contributed by atoms with van der Waals surface area (Å²) in [5.41, 5.74) is 2.64. The number of halogens is 1. The van der Waals surface area contributed by atoms with Gasteiger partial charge in [0.15, 0.2) is 0 Å². The van der Waals surface area contributed by atoms with Gasteiger partial charge in [-0.05, 0) is 74.1 Å². The van der Waals surface area contributed by atoms with E-state index >= 15 is 0 Å². The normalized spacial score (nSPS) is 35.6. The number of amides is 3. The fourth-order valence-corrected chi connectivity index (χ4v) is 6.09. The van der Waals surface area contributed by atoms with Crippen molar-refractivity contribution in [1.29, 1.82) is 0 Å². The summed E-state index contributed by atoms with van der Waals surface area (Å²) in [4.78, 5) is 40.5. The van der Waals surface area contributed by atoms with Crippen LogP contribution in [0.3, 0.4) is 0 Å². The molecule has 0 radical (unpaired) electrons.